The number of rotatable bonds is 5. The molecule has 1 saturated heterocycles. The van der Waals surface area contributed by atoms with Crippen LogP contribution in [-0.4, -0.2) is 46.7 Å². The predicted octanol–water partition coefficient (Wildman–Crippen LogP) is 2.04. The fourth-order valence-corrected chi connectivity index (χ4v) is 3.17. The Kier molecular flexibility index (Phi) is 5.13. The fraction of sp³-hybridized carbons (Fsp3) is 0.750. The van der Waals surface area contributed by atoms with E-state index >= 15 is 0 Å². The summed E-state index contributed by atoms with van der Waals surface area (Å²) in [4.78, 5) is 14.4. The van der Waals surface area contributed by atoms with Crippen molar-refractivity contribution in [1.29, 1.82) is 0 Å². The molecular weight excluding hydrogens is 284 g/mol. The van der Waals surface area contributed by atoms with Gasteiger partial charge in [0.25, 0.3) is 5.91 Å². The largest absolute Gasteiger partial charge is 0.348 e. The molecule has 1 aliphatic rings. The van der Waals surface area contributed by atoms with Gasteiger partial charge in [0.1, 0.15) is 0 Å². The highest BCUT2D eigenvalue weighted by Crippen LogP contribution is 2.18. The van der Waals surface area contributed by atoms with Crippen molar-refractivity contribution in [3.05, 3.63) is 9.47 Å². The monoisotopic (exact) mass is 302 g/mol. The summed E-state index contributed by atoms with van der Waals surface area (Å²) in [5.41, 5.74) is 0. The Morgan fingerprint density at radius 2 is 2.11 bits per heavy atom. The van der Waals surface area contributed by atoms with Crippen LogP contribution in [0.15, 0.2) is 0 Å². The van der Waals surface area contributed by atoms with E-state index in [9.17, 15) is 4.79 Å². The standard InChI is InChI=1S/C12H19ClN4OS/c1-8(2)9(17-5-3-4-6-17)7-14-10(18)11-15-16-12(13)19-11/h8-9H,3-7H2,1-2H3,(H,14,18). The van der Waals surface area contributed by atoms with Crippen LogP contribution in [-0.2, 0) is 0 Å². The van der Waals surface area contributed by atoms with Gasteiger partial charge in [0.05, 0.1) is 0 Å². The van der Waals surface area contributed by atoms with E-state index in [1.807, 2.05) is 0 Å². The summed E-state index contributed by atoms with van der Waals surface area (Å²) < 4.78 is 0.296. The lowest BCUT2D eigenvalue weighted by Crippen LogP contribution is -2.45. The van der Waals surface area contributed by atoms with Crippen molar-refractivity contribution in [3.8, 4) is 0 Å². The average Bonchev–Trinajstić information content (AvgIpc) is 3.00. The van der Waals surface area contributed by atoms with E-state index in [0.717, 1.165) is 24.4 Å². The molecule has 106 valence electrons. The van der Waals surface area contributed by atoms with Crippen LogP contribution in [0.1, 0.15) is 36.5 Å². The first-order chi connectivity index (χ1) is 9.08. The molecule has 1 amide bonds. The Balaban J connectivity index is 1.89. The summed E-state index contributed by atoms with van der Waals surface area (Å²) in [6, 6.07) is 0.384. The maximum atomic E-state index is 11.9. The van der Waals surface area contributed by atoms with Crippen molar-refractivity contribution >= 4 is 28.8 Å². The van der Waals surface area contributed by atoms with E-state index in [4.69, 9.17) is 11.6 Å². The van der Waals surface area contributed by atoms with Crippen LogP contribution in [0.5, 0.6) is 0 Å². The van der Waals surface area contributed by atoms with E-state index in [2.05, 4.69) is 34.3 Å². The van der Waals surface area contributed by atoms with Gasteiger partial charge in [-0.2, -0.15) is 0 Å². The van der Waals surface area contributed by atoms with E-state index in [1.54, 1.807) is 0 Å². The van der Waals surface area contributed by atoms with Gasteiger partial charge in [-0.3, -0.25) is 9.69 Å². The first-order valence-corrected chi connectivity index (χ1v) is 7.78. The quantitative estimate of drug-likeness (QED) is 0.904. The van der Waals surface area contributed by atoms with E-state index in [0.29, 0.717) is 28.0 Å². The van der Waals surface area contributed by atoms with Crippen LogP contribution in [0.25, 0.3) is 0 Å². The van der Waals surface area contributed by atoms with Gasteiger partial charge < -0.3 is 5.32 Å². The number of likely N-dealkylation sites (tertiary alicyclic amines) is 1. The van der Waals surface area contributed by atoms with Crippen LogP contribution in [0.3, 0.4) is 0 Å². The van der Waals surface area contributed by atoms with Gasteiger partial charge in [-0.1, -0.05) is 25.2 Å². The lowest BCUT2D eigenvalue weighted by Gasteiger charge is -2.30. The molecule has 0 aromatic carbocycles. The molecule has 1 unspecified atom stereocenters. The van der Waals surface area contributed by atoms with Gasteiger partial charge in [0, 0.05) is 12.6 Å². The molecular formula is C12H19ClN4OS. The second-order valence-electron chi connectivity index (χ2n) is 5.12. The zero-order valence-corrected chi connectivity index (χ0v) is 12.8. The molecule has 1 aromatic heterocycles. The van der Waals surface area contributed by atoms with Crippen molar-refractivity contribution < 1.29 is 4.79 Å². The minimum absolute atomic E-state index is 0.186. The van der Waals surface area contributed by atoms with Gasteiger partial charge >= 0.3 is 0 Å². The maximum absolute atomic E-state index is 11.9. The first-order valence-electron chi connectivity index (χ1n) is 6.59. The lowest BCUT2D eigenvalue weighted by molar-refractivity contribution is 0.0926. The third kappa shape index (κ3) is 3.87. The zero-order valence-electron chi connectivity index (χ0n) is 11.2. The third-order valence-corrected chi connectivity index (χ3v) is 4.46. The van der Waals surface area contributed by atoms with Gasteiger partial charge in [0.2, 0.25) is 9.47 Å². The van der Waals surface area contributed by atoms with Crippen molar-refractivity contribution in [1.82, 2.24) is 20.4 Å². The van der Waals surface area contributed by atoms with E-state index < -0.39 is 0 Å². The second-order valence-corrected chi connectivity index (χ2v) is 6.68. The molecule has 2 heterocycles. The molecule has 19 heavy (non-hydrogen) atoms. The highest BCUT2D eigenvalue weighted by Gasteiger charge is 2.25. The molecule has 5 nitrogen and oxygen atoms in total. The summed E-state index contributed by atoms with van der Waals surface area (Å²) in [6.07, 6.45) is 2.51. The van der Waals surface area contributed by atoms with Crippen molar-refractivity contribution in [2.75, 3.05) is 19.6 Å². The number of halogens is 1. The van der Waals surface area contributed by atoms with Crippen molar-refractivity contribution in [2.24, 2.45) is 5.92 Å². The topological polar surface area (TPSA) is 58.1 Å². The average molecular weight is 303 g/mol. The molecule has 1 atom stereocenters. The van der Waals surface area contributed by atoms with Crippen LogP contribution in [0.4, 0.5) is 0 Å². The van der Waals surface area contributed by atoms with E-state index in [-0.39, 0.29) is 5.91 Å². The van der Waals surface area contributed by atoms with Gasteiger partial charge in [-0.25, -0.2) is 0 Å². The summed E-state index contributed by atoms with van der Waals surface area (Å²) in [5, 5.41) is 10.7. The summed E-state index contributed by atoms with van der Waals surface area (Å²) >= 11 is 6.78. The molecule has 1 fully saturated rings. The first kappa shape index (κ1) is 14.7. The second kappa shape index (κ2) is 6.63. The Hall–Kier alpha value is -0.720. The van der Waals surface area contributed by atoms with Crippen LogP contribution >= 0.6 is 22.9 Å². The Bertz CT molecular complexity index is 431. The molecule has 2 rings (SSSR count). The van der Waals surface area contributed by atoms with Crippen LogP contribution < -0.4 is 5.32 Å². The highest BCUT2D eigenvalue weighted by molar-refractivity contribution is 7.17. The normalized spacial score (nSPS) is 17.9. The molecule has 1 aliphatic heterocycles. The molecule has 0 aliphatic carbocycles. The fourth-order valence-electron chi connectivity index (χ4n) is 2.43. The minimum Gasteiger partial charge on any atom is -0.348 e. The third-order valence-electron chi connectivity index (χ3n) is 3.45. The lowest BCUT2D eigenvalue weighted by atomic mass is 10.0. The smallest absolute Gasteiger partial charge is 0.282 e. The predicted molar refractivity (Wildman–Crippen MR) is 76.7 cm³/mol. The summed E-state index contributed by atoms with van der Waals surface area (Å²) in [7, 11) is 0. The molecule has 1 N–H and O–H groups in total. The number of carbonyl (C=O) groups excluding carboxylic acids is 1. The molecule has 0 spiro atoms. The molecule has 0 radical (unpaired) electrons. The van der Waals surface area contributed by atoms with Gasteiger partial charge in [-0.15, -0.1) is 10.2 Å². The number of hydrogen-bond acceptors (Lipinski definition) is 5. The molecule has 0 saturated carbocycles. The maximum Gasteiger partial charge on any atom is 0.282 e. The molecule has 1 aromatic rings. The minimum atomic E-state index is -0.186. The molecule has 0 bridgehead atoms. The number of nitrogens with one attached hydrogen (secondary N) is 1. The zero-order chi connectivity index (χ0) is 13.8. The summed E-state index contributed by atoms with van der Waals surface area (Å²) in [5.74, 6) is 0.325. The van der Waals surface area contributed by atoms with Gasteiger partial charge in [0.15, 0.2) is 0 Å². The van der Waals surface area contributed by atoms with Crippen LogP contribution in [0.2, 0.25) is 4.47 Å². The number of amides is 1. The van der Waals surface area contributed by atoms with Gasteiger partial charge in [-0.05, 0) is 43.5 Å². The Morgan fingerprint density at radius 1 is 1.42 bits per heavy atom. The number of aromatic nitrogens is 2. The molecule has 7 heteroatoms. The number of carbonyl (C=O) groups is 1. The Labute approximate surface area is 122 Å². The highest BCUT2D eigenvalue weighted by atomic mass is 35.5. The Morgan fingerprint density at radius 3 is 2.63 bits per heavy atom. The van der Waals surface area contributed by atoms with Crippen molar-refractivity contribution in [3.63, 3.8) is 0 Å². The SMILES string of the molecule is CC(C)C(CNC(=O)c1nnc(Cl)s1)N1CCCC1. The van der Waals surface area contributed by atoms with Crippen molar-refractivity contribution in [2.45, 2.75) is 32.7 Å². The number of nitrogens with zero attached hydrogens (tertiary/aromatic N) is 3. The summed E-state index contributed by atoms with van der Waals surface area (Å²) in [6.45, 7) is 7.29. The van der Waals surface area contributed by atoms with Crippen LogP contribution in [0, 0.1) is 5.92 Å². The number of hydrogen-bond donors (Lipinski definition) is 1. The van der Waals surface area contributed by atoms with E-state index in [1.165, 1.54) is 12.8 Å².